The SMILES string of the molecule is CCN(CCCc1c2ccccc2c(Cl)c2ccccc12)c1ccc(Cl)cc1. The van der Waals surface area contributed by atoms with Crippen LogP contribution in [0, 0.1) is 0 Å². The fraction of sp³-hybridized carbons (Fsp3) is 0.200. The fourth-order valence-electron chi connectivity index (χ4n) is 4.00. The molecule has 0 N–H and O–H groups in total. The monoisotopic (exact) mass is 407 g/mol. The summed E-state index contributed by atoms with van der Waals surface area (Å²) in [6.07, 6.45) is 2.09. The molecule has 0 saturated carbocycles. The maximum Gasteiger partial charge on any atom is 0.0562 e. The Hall–Kier alpha value is -2.22. The molecule has 0 saturated heterocycles. The molecule has 4 aromatic rings. The van der Waals surface area contributed by atoms with Crippen LogP contribution in [0.1, 0.15) is 18.9 Å². The van der Waals surface area contributed by atoms with E-state index in [4.69, 9.17) is 23.2 Å². The van der Waals surface area contributed by atoms with Crippen molar-refractivity contribution in [2.45, 2.75) is 19.8 Å². The van der Waals surface area contributed by atoms with Crippen LogP contribution in [0.25, 0.3) is 21.5 Å². The number of hydrogen-bond acceptors (Lipinski definition) is 1. The quantitative estimate of drug-likeness (QED) is 0.295. The normalized spacial score (nSPS) is 11.2. The molecule has 0 amide bonds. The van der Waals surface area contributed by atoms with Gasteiger partial charge in [-0.3, -0.25) is 0 Å². The van der Waals surface area contributed by atoms with E-state index in [0.717, 1.165) is 46.7 Å². The van der Waals surface area contributed by atoms with Crippen LogP contribution >= 0.6 is 23.2 Å². The van der Waals surface area contributed by atoms with Gasteiger partial charge in [0.05, 0.1) is 5.02 Å². The van der Waals surface area contributed by atoms with Gasteiger partial charge >= 0.3 is 0 Å². The van der Waals surface area contributed by atoms with Gasteiger partial charge in [-0.15, -0.1) is 0 Å². The second-order valence-electron chi connectivity index (χ2n) is 7.04. The first kappa shape index (κ1) is 19.1. The molecule has 0 aliphatic carbocycles. The molecule has 0 fully saturated rings. The third-order valence-corrected chi connectivity index (χ3v) is 6.06. The molecule has 142 valence electrons. The van der Waals surface area contributed by atoms with Crippen molar-refractivity contribution in [3.8, 4) is 0 Å². The number of nitrogens with zero attached hydrogens (tertiary/aromatic N) is 1. The van der Waals surface area contributed by atoms with Crippen molar-refractivity contribution >= 4 is 50.4 Å². The number of aryl methyl sites for hydroxylation is 1. The van der Waals surface area contributed by atoms with Gasteiger partial charge in [0.15, 0.2) is 0 Å². The standard InChI is InChI=1S/C25H23Cl2N/c1-2-28(19-15-13-18(26)14-16-19)17-7-12-20-21-8-3-5-10-23(21)25(27)24-11-6-4-9-22(20)24/h3-6,8-11,13-16H,2,7,12,17H2,1H3. The topological polar surface area (TPSA) is 3.24 Å². The Morgan fingerprint density at radius 1 is 0.714 bits per heavy atom. The third-order valence-electron chi connectivity index (χ3n) is 5.41. The van der Waals surface area contributed by atoms with Gasteiger partial charge in [0.2, 0.25) is 0 Å². The van der Waals surface area contributed by atoms with Crippen LogP contribution in [0.2, 0.25) is 10.0 Å². The molecular formula is C25H23Cl2N. The van der Waals surface area contributed by atoms with Gasteiger partial charge in [-0.25, -0.2) is 0 Å². The Morgan fingerprint density at radius 2 is 1.25 bits per heavy atom. The van der Waals surface area contributed by atoms with Crippen LogP contribution in [0.15, 0.2) is 72.8 Å². The number of fused-ring (bicyclic) bond motifs is 2. The largest absolute Gasteiger partial charge is 0.372 e. The number of rotatable bonds is 6. The highest BCUT2D eigenvalue weighted by molar-refractivity contribution is 6.41. The summed E-state index contributed by atoms with van der Waals surface area (Å²) < 4.78 is 0. The van der Waals surface area contributed by atoms with Gasteiger partial charge in [0, 0.05) is 34.6 Å². The van der Waals surface area contributed by atoms with Crippen molar-refractivity contribution in [1.82, 2.24) is 0 Å². The predicted molar refractivity (Wildman–Crippen MR) is 124 cm³/mol. The Morgan fingerprint density at radius 3 is 1.79 bits per heavy atom. The van der Waals surface area contributed by atoms with Crippen molar-refractivity contribution < 1.29 is 0 Å². The van der Waals surface area contributed by atoms with E-state index < -0.39 is 0 Å². The van der Waals surface area contributed by atoms with E-state index in [1.165, 1.54) is 22.0 Å². The van der Waals surface area contributed by atoms with Gasteiger partial charge in [-0.05, 0) is 60.4 Å². The smallest absolute Gasteiger partial charge is 0.0562 e. The average molecular weight is 408 g/mol. The van der Waals surface area contributed by atoms with Gasteiger partial charge < -0.3 is 4.90 Å². The highest BCUT2D eigenvalue weighted by Gasteiger charge is 2.12. The van der Waals surface area contributed by atoms with Gasteiger partial charge in [-0.1, -0.05) is 71.7 Å². The molecule has 0 bridgehead atoms. The van der Waals surface area contributed by atoms with Crippen LogP contribution in [0.4, 0.5) is 5.69 Å². The average Bonchev–Trinajstić information content (AvgIpc) is 2.74. The highest BCUT2D eigenvalue weighted by atomic mass is 35.5. The van der Waals surface area contributed by atoms with Crippen LogP contribution < -0.4 is 4.90 Å². The first-order valence-electron chi connectivity index (χ1n) is 9.77. The van der Waals surface area contributed by atoms with E-state index >= 15 is 0 Å². The lowest BCUT2D eigenvalue weighted by Crippen LogP contribution is -2.24. The summed E-state index contributed by atoms with van der Waals surface area (Å²) in [5, 5.41) is 6.44. The van der Waals surface area contributed by atoms with E-state index in [0.29, 0.717) is 0 Å². The first-order valence-corrected chi connectivity index (χ1v) is 10.5. The highest BCUT2D eigenvalue weighted by Crippen LogP contribution is 2.36. The molecule has 0 heterocycles. The van der Waals surface area contributed by atoms with Crippen molar-refractivity contribution in [3.63, 3.8) is 0 Å². The summed E-state index contributed by atoms with van der Waals surface area (Å²) in [7, 11) is 0. The van der Waals surface area contributed by atoms with Crippen molar-refractivity contribution in [1.29, 1.82) is 0 Å². The Bertz CT molecular complexity index is 1050. The van der Waals surface area contributed by atoms with E-state index in [1.54, 1.807) is 0 Å². The summed E-state index contributed by atoms with van der Waals surface area (Å²) in [5.41, 5.74) is 2.61. The molecule has 0 aliphatic heterocycles. The number of benzene rings is 4. The van der Waals surface area contributed by atoms with E-state index in [9.17, 15) is 0 Å². The van der Waals surface area contributed by atoms with Crippen LogP contribution in [0.3, 0.4) is 0 Å². The minimum absolute atomic E-state index is 0.777. The first-order chi connectivity index (χ1) is 13.7. The molecule has 3 heteroatoms. The summed E-state index contributed by atoms with van der Waals surface area (Å²) in [6.45, 7) is 4.18. The Kier molecular flexibility index (Phi) is 5.75. The molecular weight excluding hydrogens is 385 g/mol. The van der Waals surface area contributed by atoms with Crippen LogP contribution in [-0.2, 0) is 6.42 Å². The zero-order valence-corrected chi connectivity index (χ0v) is 17.5. The minimum atomic E-state index is 0.777. The molecule has 0 radical (unpaired) electrons. The molecule has 0 atom stereocenters. The lowest BCUT2D eigenvalue weighted by Gasteiger charge is -2.23. The second-order valence-corrected chi connectivity index (χ2v) is 7.86. The Balaban J connectivity index is 1.64. The lowest BCUT2D eigenvalue weighted by atomic mass is 9.94. The maximum absolute atomic E-state index is 6.73. The predicted octanol–water partition coefficient (Wildman–Crippen LogP) is 7.76. The zero-order valence-electron chi connectivity index (χ0n) is 16.0. The Labute approximate surface area is 176 Å². The van der Waals surface area contributed by atoms with Crippen LogP contribution in [-0.4, -0.2) is 13.1 Å². The summed E-state index contributed by atoms with van der Waals surface area (Å²) >= 11 is 12.8. The van der Waals surface area contributed by atoms with Crippen molar-refractivity contribution in [2.75, 3.05) is 18.0 Å². The van der Waals surface area contributed by atoms with Crippen LogP contribution in [0.5, 0.6) is 0 Å². The van der Waals surface area contributed by atoms with Crippen molar-refractivity contribution in [3.05, 3.63) is 88.4 Å². The molecule has 0 aliphatic rings. The zero-order chi connectivity index (χ0) is 19.5. The molecule has 1 nitrogen and oxygen atoms in total. The second kappa shape index (κ2) is 8.43. The summed E-state index contributed by atoms with van der Waals surface area (Å²) in [4.78, 5) is 2.40. The molecule has 0 spiro atoms. The number of hydrogen-bond donors (Lipinski definition) is 0. The molecule has 28 heavy (non-hydrogen) atoms. The molecule has 0 unspecified atom stereocenters. The van der Waals surface area contributed by atoms with E-state index in [2.05, 4.69) is 72.5 Å². The molecule has 0 aromatic heterocycles. The number of anilines is 1. The molecule has 4 aromatic carbocycles. The molecule has 4 rings (SSSR count). The van der Waals surface area contributed by atoms with Gasteiger partial charge in [0.1, 0.15) is 0 Å². The minimum Gasteiger partial charge on any atom is -0.372 e. The summed E-state index contributed by atoms with van der Waals surface area (Å²) in [5.74, 6) is 0. The lowest BCUT2D eigenvalue weighted by molar-refractivity contribution is 0.750. The number of halogens is 2. The summed E-state index contributed by atoms with van der Waals surface area (Å²) in [6, 6.07) is 25.1. The third kappa shape index (κ3) is 3.70. The van der Waals surface area contributed by atoms with Crippen molar-refractivity contribution in [2.24, 2.45) is 0 Å². The van der Waals surface area contributed by atoms with Gasteiger partial charge in [0.25, 0.3) is 0 Å². The fourth-order valence-corrected chi connectivity index (χ4v) is 4.46. The van der Waals surface area contributed by atoms with Gasteiger partial charge in [-0.2, -0.15) is 0 Å². The van der Waals surface area contributed by atoms with E-state index in [-0.39, 0.29) is 0 Å². The van der Waals surface area contributed by atoms with E-state index in [1.807, 2.05) is 12.1 Å². The maximum atomic E-state index is 6.73.